The molecule has 0 fully saturated rings. The van der Waals surface area contributed by atoms with Gasteiger partial charge in [0.25, 0.3) is 0 Å². The quantitative estimate of drug-likeness (QED) is 0.794. The molecule has 0 aromatic heterocycles. The summed E-state index contributed by atoms with van der Waals surface area (Å²) < 4.78 is 10.6. The number of halogens is 1. The Kier molecular flexibility index (Phi) is 6.05. The Balaban J connectivity index is 2.07. The Hall–Kier alpha value is -1.55. The molecular formula is C17H19ClO3. The lowest BCUT2D eigenvalue weighted by atomic mass is 10.0. The zero-order valence-corrected chi connectivity index (χ0v) is 12.7. The fraction of sp³-hybridized carbons (Fsp3) is 0.294. The number of hydrogen-bond acceptors (Lipinski definition) is 3. The third kappa shape index (κ3) is 4.74. The average Bonchev–Trinajstić information content (AvgIpc) is 2.50. The summed E-state index contributed by atoms with van der Waals surface area (Å²) in [5, 5.41) is 11.1. The molecule has 0 bridgehead atoms. The first-order valence-electron chi connectivity index (χ1n) is 6.84. The highest BCUT2D eigenvalue weighted by Gasteiger charge is 2.13. The lowest BCUT2D eigenvalue weighted by Gasteiger charge is -2.16. The molecule has 2 aromatic rings. The predicted molar refractivity (Wildman–Crippen MR) is 83.9 cm³/mol. The molecule has 4 heteroatoms. The Morgan fingerprint density at radius 3 is 2.48 bits per heavy atom. The predicted octanol–water partition coefficient (Wildman–Crippen LogP) is 3.64. The molecule has 0 amide bonds. The summed E-state index contributed by atoms with van der Waals surface area (Å²) in [6.45, 7) is 0.975. The summed E-state index contributed by atoms with van der Waals surface area (Å²) in [6, 6.07) is 15.0. The van der Waals surface area contributed by atoms with Gasteiger partial charge in [-0.15, -0.1) is 0 Å². The van der Waals surface area contributed by atoms with Gasteiger partial charge in [-0.1, -0.05) is 41.9 Å². The van der Waals surface area contributed by atoms with Crippen LogP contribution < -0.4 is 4.74 Å². The van der Waals surface area contributed by atoms with E-state index in [-0.39, 0.29) is 0 Å². The SMILES string of the molecule is COCCOc1ccccc1C(O)Cc1ccc(Cl)cc1. The number of ether oxygens (including phenoxy) is 2. The van der Waals surface area contributed by atoms with Crippen LogP contribution in [0.25, 0.3) is 0 Å². The molecule has 1 atom stereocenters. The average molecular weight is 307 g/mol. The number of para-hydroxylation sites is 1. The van der Waals surface area contributed by atoms with Crippen LogP contribution in [-0.2, 0) is 11.2 Å². The maximum Gasteiger partial charge on any atom is 0.125 e. The molecule has 0 aliphatic carbocycles. The number of benzene rings is 2. The van der Waals surface area contributed by atoms with Gasteiger partial charge in [0.1, 0.15) is 12.4 Å². The van der Waals surface area contributed by atoms with Crippen LogP contribution in [0.5, 0.6) is 5.75 Å². The fourth-order valence-electron chi connectivity index (χ4n) is 2.08. The third-order valence-corrected chi connectivity index (χ3v) is 3.42. The van der Waals surface area contributed by atoms with Crippen LogP contribution in [-0.4, -0.2) is 25.4 Å². The lowest BCUT2D eigenvalue weighted by molar-refractivity contribution is 0.138. The Bertz CT molecular complexity index is 554. The summed E-state index contributed by atoms with van der Waals surface area (Å²) in [7, 11) is 1.63. The topological polar surface area (TPSA) is 38.7 Å². The minimum Gasteiger partial charge on any atom is -0.491 e. The highest BCUT2D eigenvalue weighted by molar-refractivity contribution is 6.30. The van der Waals surface area contributed by atoms with Crippen LogP contribution in [0.1, 0.15) is 17.2 Å². The van der Waals surface area contributed by atoms with Crippen LogP contribution in [0, 0.1) is 0 Å². The number of methoxy groups -OCH3 is 1. The van der Waals surface area contributed by atoms with E-state index in [4.69, 9.17) is 21.1 Å². The van der Waals surface area contributed by atoms with Crippen LogP contribution in [0.15, 0.2) is 48.5 Å². The van der Waals surface area contributed by atoms with Crippen molar-refractivity contribution < 1.29 is 14.6 Å². The van der Waals surface area contributed by atoms with Crippen molar-refractivity contribution in [3.8, 4) is 5.75 Å². The minimum atomic E-state index is -0.620. The second kappa shape index (κ2) is 8.03. The van der Waals surface area contributed by atoms with Gasteiger partial charge in [0.15, 0.2) is 0 Å². The van der Waals surface area contributed by atoms with Gasteiger partial charge < -0.3 is 14.6 Å². The molecule has 0 saturated carbocycles. The second-order valence-electron chi connectivity index (χ2n) is 4.73. The van der Waals surface area contributed by atoms with E-state index in [9.17, 15) is 5.11 Å². The van der Waals surface area contributed by atoms with Crippen molar-refractivity contribution in [1.29, 1.82) is 0 Å². The smallest absolute Gasteiger partial charge is 0.125 e. The molecule has 112 valence electrons. The maximum atomic E-state index is 10.4. The monoisotopic (exact) mass is 306 g/mol. The third-order valence-electron chi connectivity index (χ3n) is 3.17. The minimum absolute atomic E-state index is 0.460. The summed E-state index contributed by atoms with van der Waals surface area (Å²) >= 11 is 5.87. The number of hydrogen-bond donors (Lipinski definition) is 1. The van der Waals surface area contributed by atoms with E-state index in [1.54, 1.807) is 7.11 Å². The highest BCUT2D eigenvalue weighted by Crippen LogP contribution is 2.27. The van der Waals surface area contributed by atoms with Crippen LogP contribution in [0.4, 0.5) is 0 Å². The number of rotatable bonds is 7. The standard InChI is InChI=1S/C17H19ClO3/c1-20-10-11-21-17-5-3-2-4-15(17)16(19)12-13-6-8-14(18)9-7-13/h2-9,16,19H,10-12H2,1H3. The van der Waals surface area contributed by atoms with Gasteiger partial charge in [0, 0.05) is 24.1 Å². The molecule has 0 saturated heterocycles. The lowest BCUT2D eigenvalue weighted by Crippen LogP contribution is -2.09. The zero-order valence-electron chi connectivity index (χ0n) is 12.0. The Morgan fingerprint density at radius 1 is 1.05 bits per heavy atom. The first kappa shape index (κ1) is 15.8. The van der Waals surface area contributed by atoms with Crippen LogP contribution in [0.2, 0.25) is 5.02 Å². The first-order valence-corrected chi connectivity index (χ1v) is 7.21. The van der Waals surface area contributed by atoms with E-state index in [1.165, 1.54) is 0 Å². The fourth-order valence-corrected chi connectivity index (χ4v) is 2.20. The van der Waals surface area contributed by atoms with Gasteiger partial charge in [-0.25, -0.2) is 0 Å². The van der Waals surface area contributed by atoms with Crippen molar-refractivity contribution >= 4 is 11.6 Å². The van der Waals surface area contributed by atoms with Crippen molar-refractivity contribution in [2.75, 3.05) is 20.3 Å². The molecule has 2 rings (SSSR count). The van der Waals surface area contributed by atoms with Gasteiger partial charge in [0.2, 0.25) is 0 Å². The van der Waals surface area contributed by atoms with Gasteiger partial charge >= 0.3 is 0 Å². The maximum absolute atomic E-state index is 10.4. The van der Waals surface area contributed by atoms with E-state index < -0.39 is 6.10 Å². The summed E-state index contributed by atoms with van der Waals surface area (Å²) in [5.74, 6) is 0.691. The Morgan fingerprint density at radius 2 is 1.76 bits per heavy atom. The van der Waals surface area contributed by atoms with Gasteiger partial charge in [-0.05, 0) is 23.8 Å². The van der Waals surface area contributed by atoms with Gasteiger partial charge in [0.05, 0.1) is 12.7 Å². The molecule has 2 aromatic carbocycles. The number of aliphatic hydroxyl groups excluding tert-OH is 1. The van der Waals surface area contributed by atoms with E-state index in [1.807, 2.05) is 48.5 Å². The van der Waals surface area contributed by atoms with E-state index in [2.05, 4.69) is 0 Å². The molecular weight excluding hydrogens is 288 g/mol. The van der Waals surface area contributed by atoms with Crippen LogP contribution in [0.3, 0.4) is 0 Å². The normalized spacial score (nSPS) is 12.1. The molecule has 0 radical (unpaired) electrons. The molecule has 21 heavy (non-hydrogen) atoms. The van der Waals surface area contributed by atoms with Crippen LogP contribution >= 0.6 is 11.6 Å². The van der Waals surface area contributed by atoms with E-state index in [0.717, 1.165) is 11.1 Å². The molecule has 3 nitrogen and oxygen atoms in total. The van der Waals surface area contributed by atoms with Gasteiger partial charge in [-0.3, -0.25) is 0 Å². The number of aliphatic hydroxyl groups is 1. The highest BCUT2D eigenvalue weighted by atomic mass is 35.5. The van der Waals surface area contributed by atoms with Crippen molar-refractivity contribution in [2.45, 2.75) is 12.5 Å². The second-order valence-corrected chi connectivity index (χ2v) is 5.16. The molecule has 0 aliphatic rings. The molecule has 1 unspecified atom stereocenters. The molecule has 0 heterocycles. The van der Waals surface area contributed by atoms with E-state index in [0.29, 0.717) is 30.4 Å². The van der Waals surface area contributed by atoms with Crippen molar-refractivity contribution in [1.82, 2.24) is 0 Å². The summed E-state index contributed by atoms with van der Waals surface area (Å²) in [6.07, 6.45) is -0.105. The summed E-state index contributed by atoms with van der Waals surface area (Å²) in [4.78, 5) is 0. The molecule has 0 spiro atoms. The molecule has 1 N–H and O–H groups in total. The molecule has 0 aliphatic heterocycles. The van der Waals surface area contributed by atoms with Crippen molar-refractivity contribution in [3.05, 3.63) is 64.7 Å². The van der Waals surface area contributed by atoms with E-state index >= 15 is 0 Å². The largest absolute Gasteiger partial charge is 0.491 e. The Labute approximate surface area is 130 Å². The van der Waals surface area contributed by atoms with Gasteiger partial charge in [-0.2, -0.15) is 0 Å². The summed E-state index contributed by atoms with van der Waals surface area (Å²) in [5.41, 5.74) is 1.81. The zero-order chi connectivity index (χ0) is 15.1. The van der Waals surface area contributed by atoms with Crippen molar-refractivity contribution in [3.63, 3.8) is 0 Å². The first-order chi connectivity index (χ1) is 10.2. The van der Waals surface area contributed by atoms with Crippen molar-refractivity contribution in [2.24, 2.45) is 0 Å².